The standard InChI is InChI=1S/C19H21ClN2O2/c1-13-8-9-15(10-14(13)2)19(24)21-11-18(23)22(3)12-16-6-4-5-7-17(16)20/h4-10H,11-12H2,1-3H3,(H,21,24). The third-order valence-electron chi connectivity index (χ3n) is 3.96. The van der Waals surface area contributed by atoms with Gasteiger partial charge in [-0.05, 0) is 48.7 Å². The molecule has 0 aliphatic heterocycles. The molecule has 4 nitrogen and oxygen atoms in total. The first-order valence-electron chi connectivity index (χ1n) is 7.71. The molecule has 0 spiro atoms. The zero-order valence-electron chi connectivity index (χ0n) is 14.1. The number of halogens is 1. The maximum absolute atomic E-state index is 12.2. The van der Waals surface area contributed by atoms with Gasteiger partial charge in [-0.2, -0.15) is 0 Å². The lowest BCUT2D eigenvalue weighted by molar-refractivity contribution is -0.129. The average Bonchev–Trinajstić information content (AvgIpc) is 2.56. The highest BCUT2D eigenvalue weighted by molar-refractivity contribution is 6.31. The van der Waals surface area contributed by atoms with E-state index >= 15 is 0 Å². The van der Waals surface area contributed by atoms with Crippen LogP contribution in [0.4, 0.5) is 0 Å². The summed E-state index contributed by atoms with van der Waals surface area (Å²) in [6.07, 6.45) is 0. The van der Waals surface area contributed by atoms with Gasteiger partial charge in [-0.25, -0.2) is 0 Å². The largest absolute Gasteiger partial charge is 0.343 e. The van der Waals surface area contributed by atoms with E-state index in [1.165, 1.54) is 0 Å². The van der Waals surface area contributed by atoms with Gasteiger partial charge in [-0.1, -0.05) is 35.9 Å². The summed E-state index contributed by atoms with van der Waals surface area (Å²) in [5, 5.41) is 3.29. The van der Waals surface area contributed by atoms with Gasteiger partial charge < -0.3 is 10.2 Å². The summed E-state index contributed by atoms with van der Waals surface area (Å²) in [5.41, 5.74) is 3.60. The topological polar surface area (TPSA) is 49.4 Å². The molecule has 2 rings (SSSR count). The minimum atomic E-state index is -0.252. The predicted octanol–water partition coefficient (Wildman–Crippen LogP) is 3.35. The Bertz CT molecular complexity index is 759. The number of hydrogen-bond donors (Lipinski definition) is 1. The molecule has 0 aromatic heterocycles. The highest BCUT2D eigenvalue weighted by atomic mass is 35.5. The van der Waals surface area contributed by atoms with Crippen molar-refractivity contribution in [1.82, 2.24) is 10.2 Å². The molecule has 0 aliphatic carbocycles. The molecular weight excluding hydrogens is 324 g/mol. The van der Waals surface area contributed by atoms with Gasteiger partial charge in [0.15, 0.2) is 0 Å². The lowest BCUT2D eigenvalue weighted by atomic mass is 10.1. The molecule has 2 amide bonds. The van der Waals surface area contributed by atoms with E-state index in [0.717, 1.165) is 16.7 Å². The van der Waals surface area contributed by atoms with Crippen molar-refractivity contribution in [3.05, 3.63) is 69.7 Å². The molecule has 0 bridgehead atoms. The second kappa shape index (κ2) is 7.97. The quantitative estimate of drug-likeness (QED) is 0.904. The van der Waals surface area contributed by atoms with Crippen LogP contribution in [-0.2, 0) is 11.3 Å². The van der Waals surface area contributed by atoms with Crippen LogP contribution in [-0.4, -0.2) is 30.3 Å². The molecule has 0 aliphatic rings. The Morgan fingerprint density at radius 1 is 1.08 bits per heavy atom. The van der Waals surface area contributed by atoms with E-state index in [0.29, 0.717) is 17.1 Å². The van der Waals surface area contributed by atoms with Crippen molar-refractivity contribution in [2.24, 2.45) is 0 Å². The smallest absolute Gasteiger partial charge is 0.251 e. The van der Waals surface area contributed by atoms with Crippen molar-refractivity contribution >= 4 is 23.4 Å². The lowest BCUT2D eigenvalue weighted by Gasteiger charge is -2.18. The maximum atomic E-state index is 12.2. The van der Waals surface area contributed by atoms with Gasteiger partial charge in [0, 0.05) is 24.2 Å². The summed E-state index contributed by atoms with van der Waals surface area (Å²) < 4.78 is 0. The fourth-order valence-corrected chi connectivity index (χ4v) is 2.44. The van der Waals surface area contributed by atoms with E-state index in [1.54, 1.807) is 24.1 Å². The van der Waals surface area contributed by atoms with Crippen LogP contribution in [0.5, 0.6) is 0 Å². The summed E-state index contributed by atoms with van der Waals surface area (Å²) in [5.74, 6) is -0.426. The van der Waals surface area contributed by atoms with E-state index in [-0.39, 0.29) is 18.4 Å². The summed E-state index contributed by atoms with van der Waals surface area (Å²) in [6, 6.07) is 12.9. The van der Waals surface area contributed by atoms with Crippen molar-refractivity contribution < 1.29 is 9.59 Å². The molecule has 2 aromatic carbocycles. The van der Waals surface area contributed by atoms with Gasteiger partial charge in [0.1, 0.15) is 0 Å². The third kappa shape index (κ3) is 4.59. The zero-order valence-corrected chi connectivity index (χ0v) is 14.9. The fraction of sp³-hybridized carbons (Fsp3) is 0.263. The number of likely N-dealkylation sites (N-methyl/N-ethyl adjacent to an activating group) is 1. The van der Waals surface area contributed by atoms with Crippen molar-refractivity contribution in [1.29, 1.82) is 0 Å². The second-order valence-corrected chi connectivity index (χ2v) is 6.23. The molecule has 0 saturated heterocycles. The molecule has 0 radical (unpaired) electrons. The van der Waals surface area contributed by atoms with Crippen LogP contribution in [0.2, 0.25) is 5.02 Å². The van der Waals surface area contributed by atoms with Crippen LogP contribution in [0.3, 0.4) is 0 Å². The number of nitrogens with one attached hydrogen (secondary N) is 1. The normalized spacial score (nSPS) is 10.3. The average molecular weight is 345 g/mol. The molecule has 5 heteroatoms. The monoisotopic (exact) mass is 344 g/mol. The summed E-state index contributed by atoms with van der Waals surface area (Å²) in [7, 11) is 1.69. The van der Waals surface area contributed by atoms with Gasteiger partial charge in [0.05, 0.1) is 6.54 Å². The van der Waals surface area contributed by atoms with Gasteiger partial charge >= 0.3 is 0 Å². The molecule has 126 valence electrons. The molecular formula is C19H21ClN2O2. The number of amides is 2. The molecule has 0 atom stereocenters. The SMILES string of the molecule is Cc1ccc(C(=O)NCC(=O)N(C)Cc2ccccc2Cl)cc1C. The zero-order chi connectivity index (χ0) is 17.7. The van der Waals surface area contributed by atoms with Gasteiger partial charge in [0.2, 0.25) is 5.91 Å². The number of rotatable bonds is 5. The predicted molar refractivity (Wildman–Crippen MR) is 96.2 cm³/mol. The number of hydrogen-bond acceptors (Lipinski definition) is 2. The van der Waals surface area contributed by atoms with Crippen molar-refractivity contribution in [2.75, 3.05) is 13.6 Å². The first-order valence-corrected chi connectivity index (χ1v) is 8.09. The number of carbonyl (C=O) groups is 2. The maximum Gasteiger partial charge on any atom is 0.251 e. The number of carbonyl (C=O) groups excluding carboxylic acids is 2. The van der Waals surface area contributed by atoms with Crippen LogP contribution in [0, 0.1) is 13.8 Å². The van der Waals surface area contributed by atoms with Gasteiger partial charge in [-0.3, -0.25) is 9.59 Å². The fourth-order valence-electron chi connectivity index (χ4n) is 2.25. The first-order chi connectivity index (χ1) is 11.4. The van der Waals surface area contributed by atoms with Crippen LogP contribution in [0.15, 0.2) is 42.5 Å². The van der Waals surface area contributed by atoms with E-state index in [2.05, 4.69) is 5.32 Å². The molecule has 0 unspecified atom stereocenters. The van der Waals surface area contributed by atoms with Crippen molar-refractivity contribution in [3.63, 3.8) is 0 Å². The van der Waals surface area contributed by atoms with E-state index in [1.807, 2.05) is 44.2 Å². The van der Waals surface area contributed by atoms with E-state index in [9.17, 15) is 9.59 Å². The summed E-state index contributed by atoms with van der Waals surface area (Å²) in [6.45, 7) is 4.30. The highest BCUT2D eigenvalue weighted by Crippen LogP contribution is 2.16. The van der Waals surface area contributed by atoms with E-state index in [4.69, 9.17) is 11.6 Å². The highest BCUT2D eigenvalue weighted by Gasteiger charge is 2.13. The second-order valence-electron chi connectivity index (χ2n) is 5.82. The minimum Gasteiger partial charge on any atom is -0.343 e. The first kappa shape index (κ1) is 18.0. The van der Waals surface area contributed by atoms with Gasteiger partial charge in [0.25, 0.3) is 5.91 Å². The van der Waals surface area contributed by atoms with E-state index < -0.39 is 0 Å². The molecule has 1 N–H and O–H groups in total. The Morgan fingerprint density at radius 2 is 1.79 bits per heavy atom. The Kier molecular flexibility index (Phi) is 5.99. The number of nitrogens with zero attached hydrogens (tertiary/aromatic N) is 1. The Hall–Kier alpha value is -2.33. The molecule has 0 fully saturated rings. The van der Waals surface area contributed by atoms with Crippen LogP contribution in [0.1, 0.15) is 27.0 Å². The Balaban J connectivity index is 1.91. The summed E-state index contributed by atoms with van der Waals surface area (Å²) in [4.78, 5) is 25.9. The van der Waals surface area contributed by atoms with Crippen molar-refractivity contribution in [3.8, 4) is 0 Å². The molecule has 0 heterocycles. The summed E-state index contributed by atoms with van der Waals surface area (Å²) >= 11 is 6.10. The van der Waals surface area contributed by atoms with Gasteiger partial charge in [-0.15, -0.1) is 0 Å². The third-order valence-corrected chi connectivity index (χ3v) is 4.33. The number of benzene rings is 2. The van der Waals surface area contributed by atoms with Crippen LogP contribution < -0.4 is 5.32 Å². The lowest BCUT2D eigenvalue weighted by Crippen LogP contribution is -2.37. The van der Waals surface area contributed by atoms with Crippen LogP contribution >= 0.6 is 11.6 Å². The molecule has 24 heavy (non-hydrogen) atoms. The Morgan fingerprint density at radius 3 is 2.46 bits per heavy atom. The molecule has 0 saturated carbocycles. The van der Waals surface area contributed by atoms with Crippen molar-refractivity contribution in [2.45, 2.75) is 20.4 Å². The van der Waals surface area contributed by atoms with Crippen LogP contribution in [0.25, 0.3) is 0 Å². The molecule has 2 aromatic rings. The minimum absolute atomic E-state index is 0.0489. The Labute approximate surface area is 147 Å². The number of aryl methyl sites for hydroxylation is 2.